The molecule has 0 fully saturated rings. The van der Waals surface area contributed by atoms with Crippen molar-refractivity contribution in [2.24, 2.45) is 5.41 Å². The maximum absolute atomic E-state index is 11.1. The summed E-state index contributed by atoms with van der Waals surface area (Å²) in [6.07, 6.45) is 2.25. The SMILES string of the molecule is CC(C)(Cc1cc2[nH]ccc2cc1Cl)C(=O)O. The number of halogens is 1. The van der Waals surface area contributed by atoms with E-state index in [4.69, 9.17) is 16.7 Å². The van der Waals surface area contributed by atoms with Gasteiger partial charge in [-0.2, -0.15) is 0 Å². The Morgan fingerprint density at radius 3 is 2.82 bits per heavy atom. The Labute approximate surface area is 104 Å². The van der Waals surface area contributed by atoms with Crippen LogP contribution >= 0.6 is 11.6 Å². The number of aliphatic carboxylic acids is 1. The number of H-pyrrole nitrogens is 1. The summed E-state index contributed by atoms with van der Waals surface area (Å²) in [6, 6.07) is 5.72. The first-order chi connectivity index (χ1) is 7.90. The van der Waals surface area contributed by atoms with E-state index < -0.39 is 11.4 Å². The van der Waals surface area contributed by atoms with E-state index in [1.54, 1.807) is 13.8 Å². The third-order valence-electron chi connectivity index (χ3n) is 2.93. The Morgan fingerprint density at radius 2 is 2.18 bits per heavy atom. The highest BCUT2D eigenvalue weighted by molar-refractivity contribution is 6.32. The van der Waals surface area contributed by atoms with Crippen LogP contribution in [0.3, 0.4) is 0 Å². The van der Waals surface area contributed by atoms with Gasteiger partial charge in [-0.25, -0.2) is 0 Å². The van der Waals surface area contributed by atoms with Gasteiger partial charge in [-0.05, 0) is 44.0 Å². The molecule has 90 valence electrons. The number of hydrogen-bond donors (Lipinski definition) is 2. The van der Waals surface area contributed by atoms with E-state index in [0.717, 1.165) is 16.5 Å². The Bertz CT molecular complexity index is 572. The smallest absolute Gasteiger partial charge is 0.309 e. The summed E-state index contributed by atoms with van der Waals surface area (Å²) in [7, 11) is 0. The predicted molar refractivity (Wildman–Crippen MR) is 68.4 cm³/mol. The minimum atomic E-state index is -0.819. The molecule has 1 aromatic carbocycles. The molecule has 0 aliphatic carbocycles. The summed E-state index contributed by atoms with van der Waals surface area (Å²) in [6.45, 7) is 3.40. The molecule has 0 saturated carbocycles. The number of fused-ring (bicyclic) bond motifs is 1. The Balaban J connectivity index is 2.41. The standard InChI is InChI=1S/C13H14ClNO2/c1-13(2,12(16)17)7-9-6-11-8(3-4-15-11)5-10(9)14/h3-6,15H,7H2,1-2H3,(H,16,17). The first-order valence-electron chi connectivity index (χ1n) is 5.39. The van der Waals surface area contributed by atoms with Crippen LogP contribution in [-0.4, -0.2) is 16.1 Å². The van der Waals surface area contributed by atoms with Crippen molar-refractivity contribution >= 4 is 28.5 Å². The number of hydrogen-bond acceptors (Lipinski definition) is 1. The molecule has 17 heavy (non-hydrogen) atoms. The van der Waals surface area contributed by atoms with Gasteiger partial charge in [-0.15, -0.1) is 0 Å². The second kappa shape index (κ2) is 4.08. The Morgan fingerprint density at radius 1 is 1.47 bits per heavy atom. The number of rotatable bonds is 3. The lowest BCUT2D eigenvalue weighted by molar-refractivity contribution is -0.146. The summed E-state index contributed by atoms with van der Waals surface area (Å²) < 4.78 is 0. The summed E-state index contributed by atoms with van der Waals surface area (Å²) in [5.74, 6) is -0.819. The highest BCUT2D eigenvalue weighted by Gasteiger charge is 2.28. The molecule has 2 aromatic rings. The summed E-state index contributed by atoms with van der Waals surface area (Å²) in [5.41, 5.74) is 1.02. The molecule has 0 radical (unpaired) electrons. The van der Waals surface area contributed by atoms with Gasteiger partial charge in [0.2, 0.25) is 0 Å². The molecule has 0 spiro atoms. The molecular weight excluding hydrogens is 238 g/mol. The zero-order valence-corrected chi connectivity index (χ0v) is 10.5. The van der Waals surface area contributed by atoms with E-state index in [9.17, 15) is 4.79 Å². The molecule has 1 heterocycles. The van der Waals surface area contributed by atoms with Crippen LogP contribution < -0.4 is 0 Å². The van der Waals surface area contributed by atoms with Crippen molar-refractivity contribution in [1.29, 1.82) is 0 Å². The lowest BCUT2D eigenvalue weighted by Crippen LogP contribution is -2.26. The van der Waals surface area contributed by atoms with Crippen LogP contribution in [0.2, 0.25) is 5.02 Å². The van der Waals surface area contributed by atoms with Crippen molar-refractivity contribution in [1.82, 2.24) is 4.98 Å². The van der Waals surface area contributed by atoms with Crippen LogP contribution in [0.1, 0.15) is 19.4 Å². The number of carbonyl (C=O) groups is 1. The normalized spacial score (nSPS) is 11.9. The molecular formula is C13H14ClNO2. The number of nitrogens with one attached hydrogen (secondary N) is 1. The minimum absolute atomic E-state index is 0.413. The highest BCUT2D eigenvalue weighted by atomic mass is 35.5. The van der Waals surface area contributed by atoms with Crippen LogP contribution in [0.4, 0.5) is 0 Å². The van der Waals surface area contributed by atoms with Gasteiger partial charge in [-0.3, -0.25) is 4.79 Å². The number of aromatic nitrogens is 1. The number of aromatic amines is 1. The third-order valence-corrected chi connectivity index (χ3v) is 3.28. The van der Waals surface area contributed by atoms with E-state index in [-0.39, 0.29) is 0 Å². The first kappa shape index (κ1) is 12.0. The monoisotopic (exact) mass is 251 g/mol. The molecule has 0 aliphatic rings. The number of carboxylic acids is 1. The van der Waals surface area contributed by atoms with Crippen LogP contribution in [0.15, 0.2) is 24.4 Å². The molecule has 0 saturated heterocycles. The molecule has 0 aliphatic heterocycles. The van der Waals surface area contributed by atoms with Gasteiger partial charge in [0.05, 0.1) is 5.41 Å². The lowest BCUT2D eigenvalue weighted by atomic mass is 9.86. The van der Waals surface area contributed by atoms with Crippen molar-refractivity contribution < 1.29 is 9.90 Å². The lowest BCUT2D eigenvalue weighted by Gasteiger charge is -2.19. The largest absolute Gasteiger partial charge is 0.481 e. The van der Waals surface area contributed by atoms with Gasteiger partial charge in [0, 0.05) is 22.1 Å². The first-order valence-corrected chi connectivity index (χ1v) is 5.77. The summed E-state index contributed by atoms with van der Waals surface area (Å²) in [4.78, 5) is 14.2. The molecule has 4 heteroatoms. The zero-order valence-electron chi connectivity index (χ0n) is 9.75. The van der Waals surface area contributed by atoms with E-state index in [1.165, 1.54) is 0 Å². The molecule has 0 atom stereocenters. The quantitative estimate of drug-likeness (QED) is 0.878. The predicted octanol–water partition coefficient (Wildman–Crippen LogP) is 3.47. The molecule has 1 aromatic heterocycles. The Hall–Kier alpha value is -1.48. The van der Waals surface area contributed by atoms with E-state index in [0.29, 0.717) is 11.4 Å². The van der Waals surface area contributed by atoms with Crippen LogP contribution in [0, 0.1) is 5.41 Å². The van der Waals surface area contributed by atoms with Crippen molar-refractivity contribution in [3.63, 3.8) is 0 Å². The van der Waals surface area contributed by atoms with Gasteiger partial charge >= 0.3 is 5.97 Å². The fourth-order valence-electron chi connectivity index (χ4n) is 1.80. The maximum Gasteiger partial charge on any atom is 0.309 e. The van der Waals surface area contributed by atoms with Crippen LogP contribution in [0.5, 0.6) is 0 Å². The third kappa shape index (κ3) is 2.29. The second-order valence-corrected chi connectivity index (χ2v) is 5.28. The zero-order chi connectivity index (χ0) is 12.6. The molecule has 2 rings (SSSR count). The van der Waals surface area contributed by atoms with Crippen molar-refractivity contribution in [2.45, 2.75) is 20.3 Å². The molecule has 2 N–H and O–H groups in total. The van der Waals surface area contributed by atoms with Gasteiger partial charge in [0.25, 0.3) is 0 Å². The van der Waals surface area contributed by atoms with Gasteiger partial charge in [-0.1, -0.05) is 11.6 Å². The van der Waals surface area contributed by atoms with Crippen molar-refractivity contribution in [3.8, 4) is 0 Å². The van der Waals surface area contributed by atoms with Crippen LogP contribution in [-0.2, 0) is 11.2 Å². The average Bonchev–Trinajstić information content (AvgIpc) is 2.64. The van der Waals surface area contributed by atoms with Gasteiger partial charge < -0.3 is 10.1 Å². The molecule has 3 nitrogen and oxygen atoms in total. The van der Waals surface area contributed by atoms with E-state index in [2.05, 4.69) is 4.98 Å². The minimum Gasteiger partial charge on any atom is -0.481 e. The summed E-state index contributed by atoms with van der Waals surface area (Å²) >= 11 is 6.16. The summed E-state index contributed by atoms with van der Waals surface area (Å²) in [5, 5.41) is 10.8. The molecule has 0 amide bonds. The van der Waals surface area contributed by atoms with Crippen molar-refractivity contribution in [3.05, 3.63) is 35.0 Å². The molecule has 0 bridgehead atoms. The second-order valence-electron chi connectivity index (χ2n) is 4.87. The van der Waals surface area contributed by atoms with E-state index >= 15 is 0 Å². The van der Waals surface area contributed by atoms with Crippen molar-refractivity contribution in [2.75, 3.05) is 0 Å². The molecule has 0 unspecified atom stereocenters. The number of carboxylic acid groups (broad SMARTS) is 1. The topological polar surface area (TPSA) is 53.1 Å². The van der Waals surface area contributed by atoms with Gasteiger partial charge in [0.1, 0.15) is 0 Å². The number of benzene rings is 1. The van der Waals surface area contributed by atoms with Crippen LogP contribution in [0.25, 0.3) is 10.9 Å². The average molecular weight is 252 g/mol. The Kier molecular flexibility index (Phi) is 2.87. The fraction of sp³-hybridized carbons (Fsp3) is 0.308. The van der Waals surface area contributed by atoms with E-state index in [1.807, 2.05) is 24.4 Å². The highest BCUT2D eigenvalue weighted by Crippen LogP contribution is 2.29. The maximum atomic E-state index is 11.1. The fourth-order valence-corrected chi connectivity index (χ4v) is 2.04. The van der Waals surface area contributed by atoms with Gasteiger partial charge in [0.15, 0.2) is 0 Å².